The second-order valence-corrected chi connectivity index (χ2v) is 5.19. The van der Waals surface area contributed by atoms with Crippen molar-refractivity contribution in [1.82, 2.24) is 5.32 Å². The van der Waals surface area contributed by atoms with Crippen molar-refractivity contribution in [2.45, 2.75) is 18.5 Å². The first-order valence-electron chi connectivity index (χ1n) is 5.59. The maximum absolute atomic E-state index is 5.65. The van der Waals surface area contributed by atoms with E-state index < -0.39 is 0 Å². The highest BCUT2D eigenvalue weighted by molar-refractivity contribution is 9.10. The zero-order valence-electron chi connectivity index (χ0n) is 8.91. The van der Waals surface area contributed by atoms with E-state index in [4.69, 9.17) is 9.47 Å². The lowest BCUT2D eigenvalue weighted by Crippen LogP contribution is -2.48. The number of rotatable bonds is 2. The van der Waals surface area contributed by atoms with Crippen molar-refractivity contribution < 1.29 is 9.47 Å². The zero-order valence-corrected chi connectivity index (χ0v) is 10.5. The van der Waals surface area contributed by atoms with Gasteiger partial charge in [-0.25, -0.2) is 0 Å². The van der Waals surface area contributed by atoms with Crippen LogP contribution in [0.1, 0.15) is 18.0 Å². The molecule has 2 aliphatic rings. The number of benzene rings is 1. The van der Waals surface area contributed by atoms with Crippen LogP contribution in [0.3, 0.4) is 0 Å². The molecule has 1 saturated heterocycles. The van der Waals surface area contributed by atoms with Crippen LogP contribution in [0.5, 0.6) is 5.75 Å². The molecule has 0 radical (unpaired) electrons. The lowest BCUT2D eigenvalue weighted by molar-refractivity contribution is -0.0121. The second-order valence-electron chi connectivity index (χ2n) is 4.27. The summed E-state index contributed by atoms with van der Waals surface area (Å²) in [6, 6.07) is 7.11. The molecule has 86 valence electrons. The quantitative estimate of drug-likeness (QED) is 0.903. The Morgan fingerprint density at radius 1 is 1.31 bits per heavy atom. The van der Waals surface area contributed by atoms with E-state index in [9.17, 15) is 0 Å². The summed E-state index contributed by atoms with van der Waals surface area (Å²) in [5.74, 6) is 1.01. The van der Waals surface area contributed by atoms with Gasteiger partial charge in [-0.3, -0.25) is 0 Å². The van der Waals surface area contributed by atoms with Gasteiger partial charge in [0.25, 0.3) is 0 Å². The highest BCUT2D eigenvalue weighted by Gasteiger charge is 2.27. The number of hydrogen-bond acceptors (Lipinski definition) is 3. The summed E-state index contributed by atoms with van der Waals surface area (Å²) in [7, 11) is 0. The minimum absolute atomic E-state index is 0.398. The van der Waals surface area contributed by atoms with Crippen LogP contribution in [0.15, 0.2) is 22.7 Å². The largest absolute Gasteiger partial charge is 0.493 e. The fraction of sp³-hybridized carbons (Fsp3) is 0.500. The van der Waals surface area contributed by atoms with Crippen molar-refractivity contribution in [1.29, 1.82) is 0 Å². The first kappa shape index (κ1) is 10.6. The van der Waals surface area contributed by atoms with E-state index in [0.717, 1.165) is 36.5 Å². The molecule has 2 aliphatic heterocycles. The van der Waals surface area contributed by atoms with Crippen LogP contribution in [0.2, 0.25) is 0 Å². The SMILES string of the molecule is Brc1ccc2c(c1)C(NC1COC1)CCO2. The third-order valence-electron chi connectivity index (χ3n) is 3.09. The van der Waals surface area contributed by atoms with Gasteiger partial charge in [0.15, 0.2) is 0 Å². The lowest BCUT2D eigenvalue weighted by Gasteiger charge is -2.34. The fourth-order valence-corrected chi connectivity index (χ4v) is 2.53. The molecular weight excluding hydrogens is 270 g/mol. The summed E-state index contributed by atoms with van der Waals surface area (Å²) in [5.41, 5.74) is 1.26. The van der Waals surface area contributed by atoms with E-state index >= 15 is 0 Å². The van der Waals surface area contributed by atoms with Gasteiger partial charge in [-0.1, -0.05) is 15.9 Å². The van der Waals surface area contributed by atoms with Crippen molar-refractivity contribution in [3.05, 3.63) is 28.2 Å². The van der Waals surface area contributed by atoms with Gasteiger partial charge in [0.1, 0.15) is 5.75 Å². The van der Waals surface area contributed by atoms with Crippen molar-refractivity contribution in [2.75, 3.05) is 19.8 Å². The summed E-state index contributed by atoms with van der Waals surface area (Å²) < 4.78 is 11.9. The number of nitrogens with one attached hydrogen (secondary N) is 1. The molecule has 0 aromatic heterocycles. The van der Waals surface area contributed by atoms with Gasteiger partial charge < -0.3 is 14.8 Å². The van der Waals surface area contributed by atoms with Crippen molar-refractivity contribution in [3.63, 3.8) is 0 Å². The number of ether oxygens (including phenoxy) is 2. The van der Waals surface area contributed by atoms with Crippen LogP contribution >= 0.6 is 15.9 Å². The predicted octanol–water partition coefficient (Wildman–Crippen LogP) is 2.26. The van der Waals surface area contributed by atoms with E-state index in [1.54, 1.807) is 0 Å². The molecule has 1 aromatic rings. The Morgan fingerprint density at radius 3 is 2.94 bits per heavy atom. The van der Waals surface area contributed by atoms with Crippen LogP contribution < -0.4 is 10.1 Å². The molecule has 1 atom stereocenters. The van der Waals surface area contributed by atoms with Crippen molar-refractivity contribution in [2.24, 2.45) is 0 Å². The standard InChI is InChI=1S/C12H14BrNO2/c13-8-1-2-12-10(5-8)11(3-4-16-12)14-9-6-15-7-9/h1-2,5,9,11,14H,3-4,6-7H2. The van der Waals surface area contributed by atoms with E-state index in [0.29, 0.717) is 12.1 Å². The topological polar surface area (TPSA) is 30.5 Å². The third-order valence-corrected chi connectivity index (χ3v) is 3.58. The van der Waals surface area contributed by atoms with Crippen LogP contribution in [0.4, 0.5) is 0 Å². The Morgan fingerprint density at radius 2 is 2.19 bits per heavy atom. The first-order valence-corrected chi connectivity index (χ1v) is 6.38. The molecule has 3 nitrogen and oxygen atoms in total. The van der Waals surface area contributed by atoms with Crippen LogP contribution in [-0.4, -0.2) is 25.9 Å². The molecule has 2 heterocycles. The van der Waals surface area contributed by atoms with E-state index in [1.165, 1.54) is 5.56 Å². The average Bonchev–Trinajstić information content (AvgIpc) is 2.23. The highest BCUT2D eigenvalue weighted by atomic mass is 79.9. The second kappa shape index (κ2) is 4.35. The molecule has 1 aromatic carbocycles. The smallest absolute Gasteiger partial charge is 0.124 e. The van der Waals surface area contributed by atoms with Gasteiger partial charge in [0.2, 0.25) is 0 Å². The van der Waals surface area contributed by atoms with Gasteiger partial charge in [-0.05, 0) is 18.2 Å². The molecule has 0 bridgehead atoms. The molecule has 0 aliphatic carbocycles. The predicted molar refractivity (Wildman–Crippen MR) is 64.7 cm³/mol. The molecule has 0 saturated carbocycles. The van der Waals surface area contributed by atoms with E-state index in [2.05, 4.69) is 27.3 Å². The average molecular weight is 284 g/mol. The van der Waals surface area contributed by atoms with Gasteiger partial charge in [-0.2, -0.15) is 0 Å². The molecule has 16 heavy (non-hydrogen) atoms. The Labute approximate surface area is 103 Å². The molecule has 4 heteroatoms. The summed E-state index contributed by atoms with van der Waals surface area (Å²) in [6.07, 6.45) is 1.03. The number of hydrogen-bond donors (Lipinski definition) is 1. The van der Waals surface area contributed by atoms with E-state index in [1.807, 2.05) is 12.1 Å². The number of halogens is 1. The van der Waals surface area contributed by atoms with Gasteiger partial charge in [0, 0.05) is 22.5 Å². The van der Waals surface area contributed by atoms with Crippen LogP contribution in [0, 0.1) is 0 Å². The third kappa shape index (κ3) is 1.97. The monoisotopic (exact) mass is 283 g/mol. The van der Waals surface area contributed by atoms with E-state index in [-0.39, 0.29) is 0 Å². The highest BCUT2D eigenvalue weighted by Crippen LogP contribution is 2.34. The molecule has 1 fully saturated rings. The van der Waals surface area contributed by atoms with Gasteiger partial charge in [0.05, 0.1) is 25.9 Å². The first-order chi connectivity index (χ1) is 7.83. The van der Waals surface area contributed by atoms with Crippen LogP contribution in [0.25, 0.3) is 0 Å². The Kier molecular flexibility index (Phi) is 2.88. The summed E-state index contributed by atoms with van der Waals surface area (Å²) in [5, 5.41) is 3.61. The Hall–Kier alpha value is -0.580. The normalized spacial score (nSPS) is 24.4. The van der Waals surface area contributed by atoms with Crippen molar-refractivity contribution >= 4 is 15.9 Å². The number of fused-ring (bicyclic) bond motifs is 1. The van der Waals surface area contributed by atoms with Crippen molar-refractivity contribution in [3.8, 4) is 5.75 Å². The summed E-state index contributed by atoms with van der Waals surface area (Å²) in [4.78, 5) is 0. The Bertz CT molecular complexity index is 393. The minimum atomic E-state index is 0.398. The summed E-state index contributed by atoms with van der Waals surface area (Å²) in [6.45, 7) is 2.46. The molecule has 0 amide bonds. The zero-order chi connectivity index (χ0) is 11.0. The molecular formula is C12H14BrNO2. The maximum Gasteiger partial charge on any atom is 0.124 e. The Balaban J connectivity index is 1.83. The molecule has 3 rings (SSSR count). The maximum atomic E-state index is 5.65. The van der Waals surface area contributed by atoms with Crippen LogP contribution in [-0.2, 0) is 4.74 Å². The molecule has 0 spiro atoms. The minimum Gasteiger partial charge on any atom is -0.493 e. The summed E-state index contributed by atoms with van der Waals surface area (Å²) >= 11 is 3.51. The van der Waals surface area contributed by atoms with Gasteiger partial charge >= 0.3 is 0 Å². The van der Waals surface area contributed by atoms with Gasteiger partial charge in [-0.15, -0.1) is 0 Å². The fourth-order valence-electron chi connectivity index (χ4n) is 2.15. The molecule has 1 N–H and O–H groups in total. The molecule has 1 unspecified atom stereocenters. The lowest BCUT2D eigenvalue weighted by atomic mass is 9.99.